The van der Waals surface area contributed by atoms with E-state index in [9.17, 15) is 9.59 Å². The molecule has 1 aromatic heterocycles. The van der Waals surface area contributed by atoms with Crippen LogP contribution in [-0.2, 0) is 9.53 Å². The van der Waals surface area contributed by atoms with Crippen LogP contribution in [0.25, 0.3) is 0 Å². The number of aromatic nitrogens is 2. The Morgan fingerprint density at radius 1 is 1.29 bits per heavy atom. The van der Waals surface area contributed by atoms with Gasteiger partial charge in [-0.05, 0) is 49.5 Å². The number of carbonyl (C=O) groups is 2. The van der Waals surface area contributed by atoms with E-state index < -0.39 is 11.7 Å². The largest absolute Gasteiger partial charge is 0.444 e. The Kier molecular flexibility index (Phi) is 6.11. The average Bonchev–Trinajstić information content (AvgIpc) is 2.39. The summed E-state index contributed by atoms with van der Waals surface area (Å²) in [6.07, 6.45) is 4.15. The molecule has 1 fully saturated rings. The van der Waals surface area contributed by atoms with Crippen LogP contribution < -0.4 is 16.0 Å². The van der Waals surface area contributed by atoms with Crippen LogP contribution in [-0.4, -0.2) is 46.2 Å². The van der Waals surface area contributed by atoms with E-state index in [1.165, 1.54) is 6.20 Å². The number of anilines is 1. The first kappa shape index (κ1) is 18.6. The van der Waals surface area contributed by atoms with Crippen molar-refractivity contribution in [2.24, 2.45) is 0 Å². The molecule has 0 unspecified atom stereocenters. The van der Waals surface area contributed by atoms with Crippen LogP contribution >= 0.6 is 15.9 Å². The molecular formula is C15H22BrN5O3. The van der Waals surface area contributed by atoms with Gasteiger partial charge in [0.15, 0.2) is 5.82 Å². The maximum absolute atomic E-state index is 11.8. The number of hydrogen-bond donors (Lipinski definition) is 3. The lowest BCUT2D eigenvalue weighted by Gasteiger charge is -2.36. The van der Waals surface area contributed by atoms with Gasteiger partial charge in [0.05, 0.1) is 18.9 Å². The first-order valence-electron chi connectivity index (χ1n) is 7.71. The first-order chi connectivity index (χ1) is 11.2. The fraction of sp³-hybridized carbons (Fsp3) is 0.600. The predicted octanol–water partition coefficient (Wildman–Crippen LogP) is 1.82. The third kappa shape index (κ3) is 6.40. The van der Waals surface area contributed by atoms with E-state index in [4.69, 9.17) is 4.74 Å². The van der Waals surface area contributed by atoms with E-state index in [2.05, 4.69) is 41.8 Å². The molecule has 0 radical (unpaired) electrons. The smallest absolute Gasteiger partial charge is 0.407 e. The molecule has 1 aliphatic carbocycles. The van der Waals surface area contributed by atoms with Crippen LogP contribution in [0.5, 0.6) is 0 Å². The summed E-state index contributed by atoms with van der Waals surface area (Å²) in [4.78, 5) is 31.5. The Balaban J connectivity index is 1.62. The van der Waals surface area contributed by atoms with Gasteiger partial charge in [-0.2, -0.15) is 0 Å². The molecule has 1 aliphatic rings. The number of amides is 2. The maximum atomic E-state index is 11.8. The number of alkyl carbamates (subject to hydrolysis) is 1. The molecule has 8 nitrogen and oxygen atoms in total. The van der Waals surface area contributed by atoms with E-state index in [0.717, 1.165) is 12.8 Å². The van der Waals surface area contributed by atoms with Crippen LogP contribution in [0.3, 0.4) is 0 Å². The summed E-state index contributed by atoms with van der Waals surface area (Å²) >= 11 is 3.19. The number of nitrogens with zero attached hydrogens (tertiary/aromatic N) is 2. The molecule has 9 heteroatoms. The van der Waals surface area contributed by atoms with Gasteiger partial charge in [0.2, 0.25) is 5.91 Å². The highest BCUT2D eigenvalue weighted by Crippen LogP contribution is 2.20. The van der Waals surface area contributed by atoms with Crippen molar-refractivity contribution in [3.8, 4) is 0 Å². The summed E-state index contributed by atoms with van der Waals surface area (Å²) in [5, 5.41) is 8.61. The molecule has 0 spiro atoms. The lowest BCUT2D eigenvalue weighted by atomic mass is 9.87. The normalized spacial score (nSPS) is 20.0. The van der Waals surface area contributed by atoms with E-state index in [-0.39, 0.29) is 24.5 Å². The molecule has 1 saturated carbocycles. The molecular weight excluding hydrogens is 378 g/mol. The highest BCUT2D eigenvalue weighted by Gasteiger charge is 2.31. The quantitative estimate of drug-likeness (QED) is 0.697. The van der Waals surface area contributed by atoms with Gasteiger partial charge in [-0.15, -0.1) is 0 Å². The summed E-state index contributed by atoms with van der Waals surface area (Å²) in [5.41, 5.74) is -0.501. The molecule has 1 heterocycles. The molecule has 2 rings (SSSR count). The third-order valence-electron chi connectivity index (χ3n) is 3.28. The van der Waals surface area contributed by atoms with Crippen molar-refractivity contribution in [1.82, 2.24) is 20.6 Å². The van der Waals surface area contributed by atoms with Crippen molar-refractivity contribution >= 4 is 33.7 Å². The number of halogens is 1. The number of nitrogens with one attached hydrogen (secondary N) is 3. The number of ether oxygens (including phenoxy) is 1. The Morgan fingerprint density at radius 3 is 2.62 bits per heavy atom. The fourth-order valence-electron chi connectivity index (χ4n) is 2.20. The van der Waals surface area contributed by atoms with E-state index in [1.807, 2.05) is 20.8 Å². The number of rotatable bonds is 5. The minimum Gasteiger partial charge on any atom is -0.444 e. The SMILES string of the molecule is CC(C)(C)OC(=O)N[C@H]1C[C@H](NCC(=O)Nc2cncc(Br)n2)C1. The second-order valence-corrected chi connectivity index (χ2v) is 7.48. The minimum absolute atomic E-state index is 0.0800. The van der Waals surface area contributed by atoms with Crippen molar-refractivity contribution in [1.29, 1.82) is 0 Å². The molecule has 0 aliphatic heterocycles. The molecule has 3 N–H and O–H groups in total. The van der Waals surface area contributed by atoms with Crippen LogP contribution in [0.4, 0.5) is 10.6 Å². The number of carbonyl (C=O) groups excluding carboxylic acids is 2. The Bertz CT molecular complexity index is 599. The Hall–Kier alpha value is -1.74. The van der Waals surface area contributed by atoms with Gasteiger partial charge < -0.3 is 20.7 Å². The molecule has 24 heavy (non-hydrogen) atoms. The van der Waals surface area contributed by atoms with Gasteiger partial charge in [-0.25, -0.2) is 9.78 Å². The maximum Gasteiger partial charge on any atom is 0.407 e. The summed E-state index contributed by atoms with van der Waals surface area (Å²) in [5.74, 6) is 0.209. The van der Waals surface area contributed by atoms with E-state index in [0.29, 0.717) is 10.4 Å². The van der Waals surface area contributed by atoms with Crippen LogP contribution in [0, 0.1) is 0 Å². The molecule has 0 saturated heterocycles. The average molecular weight is 400 g/mol. The highest BCUT2D eigenvalue weighted by atomic mass is 79.9. The van der Waals surface area contributed by atoms with Crippen LogP contribution in [0.15, 0.2) is 17.0 Å². The van der Waals surface area contributed by atoms with Gasteiger partial charge in [0, 0.05) is 12.1 Å². The molecule has 0 aromatic carbocycles. The van der Waals surface area contributed by atoms with Crippen LogP contribution in [0.2, 0.25) is 0 Å². The molecule has 2 amide bonds. The van der Waals surface area contributed by atoms with Crippen molar-refractivity contribution in [2.45, 2.75) is 51.3 Å². The van der Waals surface area contributed by atoms with Crippen molar-refractivity contribution < 1.29 is 14.3 Å². The van der Waals surface area contributed by atoms with Crippen molar-refractivity contribution in [3.05, 3.63) is 17.0 Å². The Labute approximate surface area is 149 Å². The summed E-state index contributed by atoms with van der Waals surface area (Å²) in [7, 11) is 0. The van der Waals surface area contributed by atoms with Gasteiger partial charge in [0.1, 0.15) is 10.2 Å². The van der Waals surface area contributed by atoms with Crippen molar-refractivity contribution in [3.63, 3.8) is 0 Å². The monoisotopic (exact) mass is 399 g/mol. The number of hydrogen-bond acceptors (Lipinski definition) is 6. The van der Waals surface area contributed by atoms with E-state index in [1.54, 1.807) is 6.20 Å². The summed E-state index contributed by atoms with van der Waals surface area (Å²) in [6.45, 7) is 5.65. The third-order valence-corrected chi connectivity index (χ3v) is 3.66. The second kappa shape index (κ2) is 7.89. The second-order valence-electron chi connectivity index (χ2n) is 6.67. The van der Waals surface area contributed by atoms with Gasteiger partial charge in [0.25, 0.3) is 0 Å². The standard InChI is InChI=1S/C15H22BrN5O3/c1-15(2,3)24-14(23)19-10-4-9(5-10)18-8-13(22)21-12-7-17-6-11(16)20-12/h6-7,9-10,18H,4-5,8H2,1-3H3,(H,19,23)(H,20,21,22)/t9-,10-. The summed E-state index contributed by atoms with van der Waals surface area (Å²) < 4.78 is 5.76. The lowest BCUT2D eigenvalue weighted by Crippen LogP contribution is -2.54. The lowest BCUT2D eigenvalue weighted by molar-refractivity contribution is -0.115. The summed E-state index contributed by atoms with van der Waals surface area (Å²) in [6, 6.07) is 0.278. The van der Waals surface area contributed by atoms with E-state index >= 15 is 0 Å². The van der Waals surface area contributed by atoms with Crippen molar-refractivity contribution in [2.75, 3.05) is 11.9 Å². The molecule has 1 aromatic rings. The topological polar surface area (TPSA) is 105 Å². The highest BCUT2D eigenvalue weighted by molar-refractivity contribution is 9.10. The molecule has 0 bridgehead atoms. The molecule has 132 valence electrons. The van der Waals surface area contributed by atoms with Gasteiger partial charge in [-0.1, -0.05) is 0 Å². The molecule has 0 atom stereocenters. The van der Waals surface area contributed by atoms with Crippen LogP contribution in [0.1, 0.15) is 33.6 Å². The first-order valence-corrected chi connectivity index (χ1v) is 8.51. The zero-order valence-electron chi connectivity index (χ0n) is 13.9. The van der Waals surface area contributed by atoms with Gasteiger partial charge in [-0.3, -0.25) is 9.78 Å². The predicted molar refractivity (Wildman–Crippen MR) is 92.5 cm³/mol. The Morgan fingerprint density at radius 2 is 2.00 bits per heavy atom. The van der Waals surface area contributed by atoms with Gasteiger partial charge >= 0.3 is 6.09 Å². The fourth-order valence-corrected chi connectivity index (χ4v) is 2.51. The zero-order valence-corrected chi connectivity index (χ0v) is 15.5. The zero-order chi connectivity index (χ0) is 17.7. The minimum atomic E-state index is -0.501.